The first-order chi connectivity index (χ1) is 14.1. The molecule has 150 valence electrons. The molecular weight excluding hydrogens is 358 g/mol. The molecule has 0 aliphatic heterocycles. The van der Waals surface area contributed by atoms with Gasteiger partial charge in [-0.2, -0.15) is 0 Å². The summed E-state index contributed by atoms with van der Waals surface area (Å²) in [7, 11) is 0. The molecule has 0 aromatic heterocycles. The van der Waals surface area contributed by atoms with Crippen molar-refractivity contribution < 1.29 is 9.53 Å². The highest BCUT2D eigenvalue weighted by Crippen LogP contribution is 2.25. The maximum Gasteiger partial charge on any atom is 0.261 e. The maximum atomic E-state index is 12.9. The van der Waals surface area contributed by atoms with Crippen molar-refractivity contribution in [1.29, 1.82) is 0 Å². The van der Waals surface area contributed by atoms with Crippen molar-refractivity contribution in [2.24, 2.45) is 0 Å². The number of nitrogens with one attached hydrogen (secondary N) is 1. The van der Waals surface area contributed by atoms with Crippen molar-refractivity contribution in [2.75, 3.05) is 0 Å². The summed E-state index contributed by atoms with van der Waals surface area (Å²) in [4.78, 5) is 12.9. The third-order valence-electron chi connectivity index (χ3n) is 5.89. The molecule has 2 atom stereocenters. The molecule has 0 unspecified atom stereocenters. The van der Waals surface area contributed by atoms with Gasteiger partial charge in [0.1, 0.15) is 5.75 Å². The van der Waals surface area contributed by atoms with E-state index in [0.29, 0.717) is 6.42 Å². The lowest BCUT2D eigenvalue weighted by atomic mass is 9.89. The summed E-state index contributed by atoms with van der Waals surface area (Å²) in [6.07, 6.45) is 4.98. The van der Waals surface area contributed by atoms with Crippen molar-refractivity contribution in [3.05, 3.63) is 77.4 Å². The SMILES string of the molecule is CC[C@H](Oc1ccc2ccccc2c1)C(=O)N[C@H](C)c1ccc2c(c1)CCCC2. The Balaban J connectivity index is 1.44. The third-order valence-corrected chi connectivity index (χ3v) is 5.89. The smallest absolute Gasteiger partial charge is 0.261 e. The van der Waals surface area contributed by atoms with Gasteiger partial charge in [0, 0.05) is 0 Å². The largest absolute Gasteiger partial charge is 0.481 e. The van der Waals surface area contributed by atoms with E-state index in [2.05, 4.69) is 35.6 Å². The standard InChI is InChI=1S/C26H29NO2/c1-3-25(29-24-15-14-20-9-5-7-11-23(20)17-24)26(28)27-18(2)21-13-12-19-8-4-6-10-22(19)16-21/h5,7,9,11-18,25H,3-4,6,8,10H2,1-2H3,(H,27,28)/t18-,25+/m1/s1. The van der Waals surface area contributed by atoms with Crippen LogP contribution in [0.25, 0.3) is 10.8 Å². The molecule has 0 radical (unpaired) electrons. The molecule has 0 heterocycles. The number of carbonyl (C=O) groups excluding carboxylic acids is 1. The second-order valence-corrected chi connectivity index (χ2v) is 7.99. The summed E-state index contributed by atoms with van der Waals surface area (Å²) in [5.41, 5.74) is 4.07. The molecule has 0 saturated heterocycles. The molecule has 1 amide bonds. The highest BCUT2D eigenvalue weighted by atomic mass is 16.5. The molecule has 3 nitrogen and oxygen atoms in total. The second-order valence-electron chi connectivity index (χ2n) is 7.99. The first-order valence-electron chi connectivity index (χ1n) is 10.7. The minimum atomic E-state index is -0.503. The van der Waals surface area contributed by atoms with Crippen LogP contribution in [-0.4, -0.2) is 12.0 Å². The number of rotatable bonds is 6. The van der Waals surface area contributed by atoms with Gasteiger partial charge in [-0.25, -0.2) is 0 Å². The fourth-order valence-corrected chi connectivity index (χ4v) is 4.14. The van der Waals surface area contributed by atoms with E-state index in [1.54, 1.807) is 0 Å². The molecule has 3 heteroatoms. The number of amides is 1. The molecule has 4 rings (SSSR count). The first kappa shape index (κ1) is 19.5. The molecule has 1 aliphatic rings. The lowest BCUT2D eigenvalue weighted by Gasteiger charge is -2.23. The van der Waals surface area contributed by atoms with Crippen molar-refractivity contribution in [3.8, 4) is 5.75 Å². The van der Waals surface area contributed by atoms with E-state index in [1.165, 1.54) is 41.3 Å². The minimum absolute atomic E-state index is 0.0380. The van der Waals surface area contributed by atoms with Gasteiger partial charge in [0.15, 0.2) is 6.10 Å². The van der Waals surface area contributed by atoms with Crippen LogP contribution in [0, 0.1) is 0 Å². The van der Waals surface area contributed by atoms with Crippen LogP contribution in [0.1, 0.15) is 55.8 Å². The van der Waals surface area contributed by atoms with Crippen LogP contribution in [0.3, 0.4) is 0 Å². The van der Waals surface area contributed by atoms with E-state index in [1.807, 2.05) is 44.2 Å². The van der Waals surface area contributed by atoms with Gasteiger partial charge in [-0.1, -0.05) is 55.5 Å². The van der Waals surface area contributed by atoms with Crippen LogP contribution in [0.15, 0.2) is 60.7 Å². The summed E-state index contributed by atoms with van der Waals surface area (Å²) in [6, 6.07) is 20.7. The summed E-state index contributed by atoms with van der Waals surface area (Å²) in [6.45, 7) is 4.03. The number of aryl methyl sites for hydroxylation is 2. The molecule has 0 saturated carbocycles. The maximum absolute atomic E-state index is 12.9. The van der Waals surface area contributed by atoms with Crippen LogP contribution in [0.2, 0.25) is 0 Å². The summed E-state index contributed by atoms with van der Waals surface area (Å²) >= 11 is 0. The summed E-state index contributed by atoms with van der Waals surface area (Å²) in [5.74, 6) is 0.665. The topological polar surface area (TPSA) is 38.3 Å². The van der Waals surface area contributed by atoms with E-state index >= 15 is 0 Å². The summed E-state index contributed by atoms with van der Waals surface area (Å²) in [5, 5.41) is 5.43. The zero-order valence-corrected chi connectivity index (χ0v) is 17.3. The average molecular weight is 388 g/mol. The van der Waals surface area contributed by atoms with Gasteiger partial charge in [0.2, 0.25) is 0 Å². The van der Waals surface area contributed by atoms with E-state index in [0.717, 1.165) is 17.6 Å². The van der Waals surface area contributed by atoms with Crippen LogP contribution >= 0.6 is 0 Å². The van der Waals surface area contributed by atoms with Gasteiger partial charge >= 0.3 is 0 Å². The Morgan fingerprint density at radius 1 is 0.966 bits per heavy atom. The third kappa shape index (κ3) is 4.45. The Morgan fingerprint density at radius 3 is 2.52 bits per heavy atom. The Bertz CT molecular complexity index is 1010. The van der Waals surface area contributed by atoms with Crippen LogP contribution < -0.4 is 10.1 Å². The Hall–Kier alpha value is -2.81. The predicted molar refractivity (Wildman–Crippen MR) is 118 cm³/mol. The van der Waals surface area contributed by atoms with E-state index in [9.17, 15) is 4.79 Å². The number of fused-ring (bicyclic) bond motifs is 2. The molecule has 0 fully saturated rings. The molecule has 1 N–H and O–H groups in total. The fraction of sp³-hybridized carbons (Fsp3) is 0.346. The normalized spacial score (nSPS) is 15.4. The van der Waals surface area contributed by atoms with Gasteiger partial charge in [-0.15, -0.1) is 0 Å². The zero-order chi connectivity index (χ0) is 20.2. The fourth-order valence-electron chi connectivity index (χ4n) is 4.14. The average Bonchev–Trinajstić information content (AvgIpc) is 2.76. The van der Waals surface area contributed by atoms with Crippen molar-refractivity contribution in [2.45, 2.75) is 58.1 Å². The number of ether oxygens (including phenoxy) is 1. The van der Waals surface area contributed by atoms with Crippen molar-refractivity contribution in [3.63, 3.8) is 0 Å². The molecule has 3 aromatic rings. The Labute approximate surface area is 173 Å². The van der Waals surface area contributed by atoms with E-state index in [-0.39, 0.29) is 11.9 Å². The van der Waals surface area contributed by atoms with Crippen molar-refractivity contribution in [1.82, 2.24) is 5.32 Å². The van der Waals surface area contributed by atoms with E-state index in [4.69, 9.17) is 4.74 Å². The highest BCUT2D eigenvalue weighted by molar-refractivity contribution is 5.84. The zero-order valence-electron chi connectivity index (χ0n) is 17.3. The number of hydrogen-bond donors (Lipinski definition) is 1. The van der Waals surface area contributed by atoms with Gasteiger partial charge in [0.05, 0.1) is 6.04 Å². The van der Waals surface area contributed by atoms with E-state index < -0.39 is 6.10 Å². The number of benzene rings is 3. The monoisotopic (exact) mass is 387 g/mol. The van der Waals surface area contributed by atoms with Gasteiger partial charge in [-0.05, 0) is 78.6 Å². The summed E-state index contributed by atoms with van der Waals surface area (Å²) < 4.78 is 6.05. The quantitative estimate of drug-likeness (QED) is 0.584. The number of carbonyl (C=O) groups is 1. The lowest BCUT2D eigenvalue weighted by molar-refractivity contribution is -0.128. The lowest BCUT2D eigenvalue weighted by Crippen LogP contribution is -2.39. The van der Waals surface area contributed by atoms with Crippen molar-refractivity contribution >= 4 is 16.7 Å². The van der Waals surface area contributed by atoms with Gasteiger partial charge < -0.3 is 10.1 Å². The van der Waals surface area contributed by atoms with Crippen LogP contribution in [0.4, 0.5) is 0 Å². The van der Waals surface area contributed by atoms with Crippen LogP contribution in [0.5, 0.6) is 5.75 Å². The number of hydrogen-bond acceptors (Lipinski definition) is 2. The minimum Gasteiger partial charge on any atom is -0.481 e. The predicted octanol–water partition coefficient (Wildman–Crippen LogP) is 5.75. The highest BCUT2D eigenvalue weighted by Gasteiger charge is 2.21. The van der Waals surface area contributed by atoms with Crippen LogP contribution in [-0.2, 0) is 17.6 Å². The first-order valence-corrected chi connectivity index (χ1v) is 10.7. The molecule has 0 bridgehead atoms. The molecule has 3 aromatic carbocycles. The van der Waals surface area contributed by atoms with Gasteiger partial charge in [-0.3, -0.25) is 4.79 Å². The molecule has 0 spiro atoms. The Morgan fingerprint density at radius 2 is 1.72 bits per heavy atom. The molecule has 29 heavy (non-hydrogen) atoms. The molecular formula is C26H29NO2. The second kappa shape index (κ2) is 8.69. The Kier molecular flexibility index (Phi) is 5.84. The molecule has 1 aliphatic carbocycles. The van der Waals surface area contributed by atoms with Gasteiger partial charge in [0.25, 0.3) is 5.91 Å².